The van der Waals surface area contributed by atoms with E-state index in [-0.39, 0.29) is 0 Å². The molecule has 16 heavy (non-hydrogen) atoms. The first-order valence-electron chi connectivity index (χ1n) is 5.40. The molecule has 0 aliphatic rings. The Morgan fingerprint density at radius 1 is 1.12 bits per heavy atom. The molecule has 3 nitrogen and oxygen atoms in total. The van der Waals surface area contributed by atoms with Crippen LogP contribution >= 0.6 is 0 Å². The molecule has 0 aromatic carbocycles. The molecular weight excluding hydrogens is 198 g/mol. The highest BCUT2D eigenvalue weighted by Gasteiger charge is 1.98. The minimum absolute atomic E-state index is 0.982. The van der Waals surface area contributed by atoms with Crippen LogP contribution in [-0.4, -0.2) is 23.6 Å². The van der Waals surface area contributed by atoms with Crippen LogP contribution in [-0.2, 0) is 6.42 Å². The minimum Gasteiger partial charge on any atom is -0.319 e. The predicted molar refractivity (Wildman–Crippen MR) is 65.1 cm³/mol. The molecule has 2 rings (SSSR count). The topological polar surface area (TPSA) is 37.8 Å². The van der Waals surface area contributed by atoms with E-state index in [0.29, 0.717) is 0 Å². The van der Waals surface area contributed by atoms with E-state index < -0.39 is 0 Å². The number of pyridine rings is 2. The molecule has 0 aliphatic heterocycles. The fourth-order valence-electron chi connectivity index (χ4n) is 1.54. The second-order valence-electron chi connectivity index (χ2n) is 3.64. The van der Waals surface area contributed by atoms with E-state index in [1.807, 2.05) is 25.4 Å². The van der Waals surface area contributed by atoms with Crippen molar-refractivity contribution in [1.29, 1.82) is 0 Å². The van der Waals surface area contributed by atoms with Crippen molar-refractivity contribution in [2.24, 2.45) is 0 Å². The van der Waals surface area contributed by atoms with Gasteiger partial charge in [-0.1, -0.05) is 6.07 Å². The van der Waals surface area contributed by atoms with Crippen LogP contribution in [0.1, 0.15) is 5.56 Å². The molecule has 0 aliphatic carbocycles. The Labute approximate surface area is 95.6 Å². The zero-order valence-electron chi connectivity index (χ0n) is 9.35. The Kier molecular flexibility index (Phi) is 3.62. The van der Waals surface area contributed by atoms with Gasteiger partial charge >= 0.3 is 0 Å². The van der Waals surface area contributed by atoms with Gasteiger partial charge in [0.2, 0.25) is 0 Å². The second kappa shape index (κ2) is 5.37. The van der Waals surface area contributed by atoms with Crippen molar-refractivity contribution in [3.63, 3.8) is 0 Å². The lowest BCUT2D eigenvalue weighted by molar-refractivity contribution is 0.789. The first kappa shape index (κ1) is 10.8. The summed E-state index contributed by atoms with van der Waals surface area (Å²) in [6, 6.07) is 8.12. The molecule has 0 amide bonds. The van der Waals surface area contributed by atoms with Crippen molar-refractivity contribution in [3.8, 4) is 11.3 Å². The molecule has 2 heterocycles. The van der Waals surface area contributed by atoms with E-state index in [4.69, 9.17) is 0 Å². The van der Waals surface area contributed by atoms with Gasteiger partial charge in [-0.05, 0) is 43.8 Å². The Hall–Kier alpha value is -1.74. The Bertz CT molecular complexity index is 423. The first-order valence-corrected chi connectivity index (χ1v) is 5.40. The average molecular weight is 213 g/mol. The monoisotopic (exact) mass is 213 g/mol. The smallest absolute Gasteiger partial charge is 0.0703 e. The summed E-state index contributed by atoms with van der Waals surface area (Å²) in [6.45, 7) is 0.982. The van der Waals surface area contributed by atoms with Crippen molar-refractivity contribution >= 4 is 0 Å². The zero-order chi connectivity index (χ0) is 11.2. The van der Waals surface area contributed by atoms with Crippen LogP contribution in [0.5, 0.6) is 0 Å². The van der Waals surface area contributed by atoms with Crippen LogP contribution in [0.15, 0.2) is 42.9 Å². The van der Waals surface area contributed by atoms with E-state index in [1.54, 1.807) is 12.4 Å². The van der Waals surface area contributed by atoms with E-state index in [1.165, 1.54) is 5.56 Å². The van der Waals surface area contributed by atoms with E-state index in [0.717, 1.165) is 24.2 Å². The van der Waals surface area contributed by atoms with Crippen molar-refractivity contribution in [3.05, 3.63) is 48.4 Å². The molecule has 1 N–H and O–H groups in total. The summed E-state index contributed by atoms with van der Waals surface area (Å²) in [4.78, 5) is 8.44. The maximum Gasteiger partial charge on any atom is 0.0703 e. The standard InChI is InChI=1S/C13H15N3/c1-14-7-4-11-2-3-13(16-10-11)12-5-8-15-9-6-12/h2-3,5-6,8-10,14H,4,7H2,1H3. The van der Waals surface area contributed by atoms with Gasteiger partial charge in [0.1, 0.15) is 0 Å². The van der Waals surface area contributed by atoms with Crippen molar-refractivity contribution in [2.45, 2.75) is 6.42 Å². The maximum absolute atomic E-state index is 4.45. The van der Waals surface area contributed by atoms with E-state index in [2.05, 4.69) is 27.4 Å². The first-order chi connectivity index (χ1) is 7.90. The van der Waals surface area contributed by atoms with Crippen molar-refractivity contribution in [2.75, 3.05) is 13.6 Å². The van der Waals surface area contributed by atoms with Gasteiger partial charge in [-0.25, -0.2) is 0 Å². The molecule has 0 saturated carbocycles. The van der Waals surface area contributed by atoms with Crippen LogP contribution in [0.25, 0.3) is 11.3 Å². The van der Waals surface area contributed by atoms with Gasteiger partial charge in [0.05, 0.1) is 5.69 Å². The van der Waals surface area contributed by atoms with Crippen molar-refractivity contribution in [1.82, 2.24) is 15.3 Å². The summed E-state index contributed by atoms with van der Waals surface area (Å²) in [7, 11) is 1.96. The predicted octanol–water partition coefficient (Wildman–Crippen LogP) is 1.91. The highest BCUT2D eigenvalue weighted by molar-refractivity contribution is 5.57. The summed E-state index contributed by atoms with van der Waals surface area (Å²) in [6.07, 6.45) is 6.52. The van der Waals surface area contributed by atoms with Crippen LogP contribution in [0, 0.1) is 0 Å². The van der Waals surface area contributed by atoms with Gasteiger partial charge in [0.25, 0.3) is 0 Å². The molecule has 0 bridgehead atoms. The fraction of sp³-hybridized carbons (Fsp3) is 0.231. The third kappa shape index (κ3) is 2.64. The number of hydrogen-bond donors (Lipinski definition) is 1. The highest BCUT2D eigenvalue weighted by Crippen LogP contribution is 2.15. The van der Waals surface area contributed by atoms with Crippen LogP contribution in [0.4, 0.5) is 0 Å². The number of rotatable bonds is 4. The summed E-state index contributed by atoms with van der Waals surface area (Å²) in [5.41, 5.74) is 3.36. The lowest BCUT2D eigenvalue weighted by Crippen LogP contribution is -2.10. The second-order valence-corrected chi connectivity index (χ2v) is 3.64. The zero-order valence-corrected chi connectivity index (χ0v) is 9.35. The lowest BCUT2D eigenvalue weighted by atomic mass is 10.1. The molecule has 2 aromatic rings. The average Bonchev–Trinajstić information content (AvgIpc) is 2.38. The number of nitrogens with one attached hydrogen (secondary N) is 1. The number of likely N-dealkylation sites (N-methyl/N-ethyl adjacent to an activating group) is 1. The molecule has 0 saturated heterocycles. The summed E-state index contributed by atoms with van der Waals surface area (Å²) < 4.78 is 0. The summed E-state index contributed by atoms with van der Waals surface area (Å²) in [5, 5.41) is 3.13. The van der Waals surface area contributed by atoms with Gasteiger partial charge in [-0.2, -0.15) is 0 Å². The van der Waals surface area contributed by atoms with Gasteiger partial charge in [0.15, 0.2) is 0 Å². The molecule has 3 heteroatoms. The largest absolute Gasteiger partial charge is 0.319 e. The lowest BCUT2D eigenvalue weighted by Gasteiger charge is -2.03. The maximum atomic E-state index is 4.45. The summed E-state index contributed by atoms with van der Waals surface area (Å²) >= 11 is 0. The molecule has 0 fully saturated rings. The highest BCUT2D eigenvalue weighted by atomic mass is 14.8. The Balaban J connectivity index is 2.13. The van der Waals surface area contributed by atoms with Gasteiger partial charge in [-0.3, -0.25) is 9.97 Å². The Morgan fingerprint density at radius 3 is 2.56 bits per heavy atom. The molecule has 82 valence electrons. The molecule has 0 radical (unpaired) electrons. The molecule has 0 spiro atoms. The third-order valence-electron chi connectivity index (χ3n) is 2.46. The SMILES string of the molecule is CNCCc1ccc(-c2ccncc2)nc1. The van der Waals surface area contributed by atoms with Gasteiger partial charge in [0, 0.05) is 24.2 Å². The van der Waals surface area contributed by atoms with Crippen LogP contribution in [0.2, 0.25) is 0 Å². The third-order valence-corrected chi connectivity index (χ3v) is 2.46. The fourth-order valence-corrected chi connectivity index (χ4v) is 1.54. The van der Waals surface area contributed by atoms with E-state index >= 15 is 0 Å². The number of aromatic nitrogens is 2. The minimum atomic E-state index is 0.982. The number of hydrogen-bond acceptors (Lipinski definition) is 3. The number of nitrogens with zero attached hydrogens (tertiary/aromatic N) is 2. The van der Waals surface area contributed by atoms with Crippen molar-refractivity contribution < 1.29 is 0 Å². The molecular formula is C13H15N3. The normalized spacial score (nSPS) is 10.3. The van der Waals surface area contributed by atoms with E-state index in [9.17, 15) is 0 Å². The molecule has 2 aromatic heterocycles. The van der Waals surface area contributed by atoms with Crippen LogP contribution in [0.3, 0.4) is 0 Å². The molecule has 0 atom stereocenters. The van der Waals surface area contributed by atoms with Gasteiger partial charge in [-0.15, -0.1) is 0 Å². The summed E-state index contributed by atoms with van der Waals surface area (Å²) in [5.74, 6) is 0. The quantitative estimate of drug-likeness (QED) is 0.843. The Morgan fingerprint density at radius 2 is 1.94 bits per heavy atom. The molecule has 0 unspecified atom stereocenters. The van der Waals surface area contributed by atoms with Gasteiger partial charge < -0.3 is 5.32 Å². The van der Waals surface area contributed by atoms with Crippen LogP contribution < -0.4 is 5.32 Å².